The van der Waals surface area contributed by atoms with Gasteiger partial charge in [0.15, 0.2) is 0 Å². The predicted octanol–water partition coefficient (Wildman–Crippen LogP) is 2.78. The number of hydrogen-bond donors (Lipinski definition) is 0. The molecule has 0 aromatic heterocycles. The second kappa shape index (κ2) is 5.96. The highest BCUT2D eigenvalue weighted by Crippen LogP contribution is 2.31. The van der Waals surface area contributed by atoms with E-state index < -0.39 is 0 Å². The fourth-order valence-corrected chi connectivity index (χ4v) is 2.23. The van der Waals surface area contributed by atoms with E-state index in [-0.39, 0.29) is 24.3 Å². The Balaban J connectivity index is 2.20. The van der Waals surface area contributed by atoms with E-state index in [9.17, 15) is 9.18 Å². The average molecular weight is 252 g/mol. The highest BCUT2D eigenvalue weighted by atomic mass is 19.1. The molecular weight excluding hydrogens is 235 g/mol. The highest BCUT2D eigenvalue weighted by Gasteiger charge is 2.22. The van der Waals surface area contributed by atoms with Gasteiger partial charge in [-0.2, -0.15) is 0 Å². The van der Waals surface area contributed by atoms with Crippen molar-refractivity contribution in [3.63, 3.8) is 0 Å². The lowest BCUT2D eigenvalue weighted by Gasteiger charge is -2.15. The zero-order valence-electron chi connectivity index (χ0n) is 10.4. The van der Waals surface area contributed by atoms with Crippen molar-refractivity contribution in [2.75, 3.05) is 13.2 Å². The summed E-state index contributed by atoms with van der Waals surface area (Å²) in [4.78, 5) is 11.5. The minimum absolute atomic E-state index is 0.0185. The van der Waals surface area contributed by atoms with Crippen LogP contribution < -0.4 is 0 Å². The average Bonchev–Trinajstić information content (AvgIpc) is 2.83. The van der Waals surface area contributed by atoms with Crippen LogP contribution in [0.5, 0.6) is 0 Å². The zero-order chi connectivity index (χ0) is 13.0. The molecule has 1 aliphatic heterocycles. The zero-order valence-corrected chi connectivity index (χ0v) is 10.4. The molecule has 0 N–H and O–H groups in total. The first kappa shape index (κ1) is 13.0. The molecule has 1 heterocycles. The standard InChI is InChI=1S/C14H17FO3/c1-2-17-14(16)9-10-8-11(15)5-6-12(10)13-4-3-7-18-13/h5-6,8,13H,2-4,7,9H2,1H3. The van der Waals surface area contributed by atoms with Crippen LogP contribution in [0.15, 0.2) is 18.2 Å². The van der Waals surface area contributed by atoms with Crippen LogP contribution in [0.3, 0.4) is 0 Å². The largest absolute Gasteiger partial charge is 0.466 e. The van der Waals surface area contributed by atoms with Crippen molar-refractivity contribution in [2.45, 2.75) is 32.3 Å². The molecule has 98 valence electrons. The van der Waals surface area contributed by atoms with Crippen LogP contribution in [-0.2, 0) is 20.7 Å². The monoisotopic (exact) mass is 252 g/mol. The van der Waals surface area contributed by atoms with E-state index in [1.54, 1.807) is 13.0 Å². The third-order valence-electron chi connectivity index (χ3n) is 3.02. The predicted molar refractivity (Wildman–Crippen MR) is 64.7 cm³/mol. The molecule has 2 rings (SSSR count). The summed E-state index contributed by atoms with van der Waals surface area (Å²) in [6.07, 6.45) is 2.00. The van der Waals surface area contributed by atoms with Crippen LogP contribution in [0.25, 0.3) is 0 Å². The maximum absolute atomic E-state index is 13.3. The SMILES string of the molecule is CCOC(=O)Cc1cc(F)ccc1C1CCCO1. The number of benzene rings is 1. The van der Waals surface area contributed by atoms with Gasteiger partial charge in [-0.1, -0.05) is 6.07 Å². The number of halogens is 1. The molecule has 1 aliphatic rings. The maximum Gasteiger partial charge on any atom is 0.310 e. The summed E-state index contributed by atoms with van der Waals surface area (Å²) in [7, 11) is 0. The van der Waals surface area contributed by atoms with E-state index in [0.717, 1.165) is 25.0 Å². The number of rotatable bonds is 4. The fraction of sp³-hybridized carbons (Fsp3) is 0.500. The van der Waals surface area contributed by atoms with Crippen LogP contribution in [-0.4, -0.2) is 19.2 Å². The molecule has 4 heteroatoms. The van der Waals surface area contributed by atoms with Gasteiger partial charge in [-0.15, -0.1) is 0 Å². The Morgan fingerprint density at radius 2 is 2.39 bits per heavy atom. The Morgan fingerprint density at radius 1 is 1.56 bits per heavy atom. The number of carbonyl (C=O) groups excluding carboxylic acids is 1. The van der Waals surface area contributed by atoms with Crippen LogP contribution >= 0.6 is 0 Å². The Bertz CT molecular complexity index is 425. The van der Waals surface area contributed by atoms with Gasteiger partial charge in [0.1, 0.15) is 5.82 Å². The van der Waals surface area contributed by atoms with Crippen molar-refractivity contribution < 1.29 is 18.7 Å². The first-order valence-corrected chi connectivity index (χ1v) is 6.26. The van der Waals surface area contributed by atoms with Crippen molar-refractivity contribution in [1.82, 2.24) is 0 Å². The molecule has 0 spiro atoms. The Kier molecular flexibility index (Phi) is 4.31. The van der Waals surface area contributed by atoms with Gasteiger partial charge in [-0.05, 0) is 43.0 Å². The molecule has 1 fully saturated rings. The summed E-state index contributed by atoms with van der Waals surface area (Å²) in [6.45, 7) is 2.81. The molecular formula is C14H17FO3. The number of carbonyl (C=O) groups is 1. The van der Waals surface area contributed by atoms with Crippen molar-refractivity contribution in [1.29, 1.82) is 0 Å². The van der Waals surface area contributed by atoms with Gasteiger partial charge in [0.2, 0.25) is 0 Å². The van der Waals surface area contributed by atoms with E-state index in [1.807, 2.05) is 0 Å². The van der Waals surface area contributed by atoms with Crippen LogP contribution in [0.1, 0.15) is 37.0 Å². The lowest BCUT2D eigenvalue weighted by molar-refractivity contribution is -0.142. The topological polar surface area (TPSA) is 35.5 Å². The summed E-state index contributed by atoms with van der Waals surface area (Å²) in [5, 5.41) is 0. The molecule has 0 amide bonds. The van der Waals surface area contributed by atoms with Gasteiger partial charge in [0, 0.05) is 6.61 Å². The first-order chi connectivity index (χ1) is 8.70. The Morgan fingerprint density at radius 3 is 3.06 bits per heavy atom. The van der Waals surface area contributed by atoms with Crippen LogP contribution in [0.4, 0.5) is 4.39 Å². The summed E-state index contributed by atoms with van der Waals surface area (Å²) < 4.78 is 23.8. The number of esters is 1. The van der Waals surface area contributed by atoms with Gasteiger partial charge in [0.05, 0.1) is 19.1 Å². The normalized spacial score (nSPS) is 18.9. The molecule has 1 aromatic carbocycles. The van der Waals surface area contributed by atoms with Crippen molar-refractivity contribution in [3.05, 3.63) is 35.1 Å². The molecule has 0 bridgehead atoms. The van der Waals surface area contributed by atoms with Crippen molar-refractivity contribution in [2.24, 2.45) is 0 Å². The molecule has 3 nitrogen and oxygen atoms in total. The molecule has 0 aliphatic carbocycles. The minimum atomic E-state index is -0.337. The summed E-state index contributed by atoms with van der Waals surface area (Å²) >= 11 is 0. The third-order valence-corrected chi connectivity index (χ3v) is 3.02. The van der Waals surface area contributed by atoms with Gasteiger partial charge in [0.25, 0.3) is 0 Å². The van der Waals surface area contributed by atoms with Gasteiger partial charge in [-0.25, -0.2) is 4.39 Å². The lowest BCUT2D eigenvalue weighted by Crippen LogP contribution is -2.11. The van der Waals surface area contributed by atoms with Gasteiger partial charge < -0.3 is 9.47 Å². The van der Waals surface area contributed by atoms with E-state index >= 15 is 0 Å². The smallest absolute Gasteiger partial charge is 0.310 e. The summed E-state index contributed by atoms with van der Waals surface area (Å²) in [5.74, 6) is -0.668. The highest BCUT2D eigenvalue weighted by molar-refractivity contribution is 5.73. The maximum atomic E-state index is 13.3. The minimum Gasteiger partial charge on any atom is -0.466 e. The molecule has 18 heavy (non-hydrogen) atoms. The van der Waals surface area contributed by atoms with Gasteiger partial charge >= 0.3 is 5.97 Å². The molecule has 1 aromatic rings. The van der Waals surface area contributed by atoms with E-state index in [2.05, 4.69) is 0 Å². The van der Waals surface area contributed by atoms with Crippen LogP contribution in [0, 0.1) is 5.82 Å². The molecule has 1 atom stereocenters. The quantitative estimate of drug-likeness (QED) is 0.773. The third kappa shape index (κ3) is 3.07. The Labute approximate surface area is 106 Å². The lowest BCUT2D eigenvalue weighted by atomic mass is 9.98. The van der Waals surface area contributed by atoms with Crippen LogP contribution in [0.2, 0.25) is 0 Å². The van der Waals surface area contributed by atoms with E-state index in [1.165, 1.54) is 12.1 Å². The van der Waals surface area contributed by atoms with E-state index in [4.69, 9.17) is 9.47 Å². The number of hydrogen-bond acceptors (Lipinski definition) is 3. The fourth-order valence-electron chi connectivity index (χ4n) is 2.23. The summed E-state index contributed by atoms with van der Waals surface area (Å²) in [6, 6.07) is 4.51. The van der Waals surface area contributed by atoms with Crippen molar-refractivity contribution in [3.8, 4) is 0 Å². The molecule has 1 unspecified atom stereocenters. The first-order valence-electron chi connectivity index (χ1n) is 6.26. The Hall–Kier alpha value is -1.42. The second-order valence-corrected chi connectivity index (χ2v) is 4.33. The van der Waals surface area contributed by atoms with E-state index in [0.29, 0.717) is 12.2 Å². The number of ether oxygens (including phenoxy) is 2. The second-order valence-electron chi connectivity index (χ2n) is 4.33. The molecule has 1 saturated heterocycles. The summed E-state index contributed by atoms with van der Waals surface area (Å²) in [5.41, 5.74) is 1.57. The van der Waals surface area contributed by atoms with Crippen molar-refractivity contribution >= 4 is 5.97 Å². The molecule has 0 radical (unpaired) electrons. The molecule has 0 saturated carbocycles. The van der Waals surface area contributed by atoms with Gasteiger partial charge in [-0.3, -0.25) is 4.79 Å².